The minimum atomic E-state index is -0.0291. The van der Waals surface area contributed by atoms with Gasteiger partial charge in [-0.25, -0.2) is 0 Å². The van der Waals surface area contributed by atoms with Crippen LogP contribution in [0.25, 0.3) is 0 Å². The Balaban J connectivity index is 1.97. The van der Waals surface area contributed by atoms with Crippen LogP contribution < -0.4 is 5.32 Å². The molecule has 1 aromatic carbocycles. The van der Waals surface area contributed by atoms with Crippen molar-refractivity contribution < 1.29 is 9.59 Å². The predicted molar refractivity (Wildman–Crippen MR) is 81.9 cm³/mol. The van der Waals surface area contributed by atoms with Gasteiger partial charge in [0.2, 0.25) is 11.7 Å². The van der Waals surface area contributed by atoms with Gasteiger partial charge in [-0.05, 0) is 61.7 Å². The van der Waals surface area contributed by atoms with Crippen LogP contribution in [0.5, 0.6) is 0 Å². The molecule has 2 heterocycles. The van der Waals surface area contributed by atoms with Gasteiger partial charge in [0.05, 0.1) is 15.1 Å². The number of carbonyl (C=O) groups is 2. The molecule has 1 aliphatic rings. The van der Waals surface area contributed by atoms with E-state index in [0.29, 0.717) is 16.9 Å². The average molecular weight is 401 g/mol. The van der Waals surface area contributed by atoms with Gasteiger partial charge in [0.15, 0.2) is 0 Å². The lowest BCUT2D eigenvalue weighted by molar-refractivity contribution is -0.115. The number of thiophene rings is 1. The maximum Gasteiger partial charge on any atom is 0.228 e. The van der Waals surface area contributed by atoms with Crippen LogP contribution in [0, 0.1) is 0 Å². The van der Waals surface area contributed by atoms with Gasteiger partial charge < -0.3 is 5.32 Å². The van der Waals surface area contributed by atoms with Gasteiger partial charge in [-0.15, -0.1) is 11.3 Å². The molecule has 2 aromatic rings. The highest BCUT2D eigenvalue weighted by Gasteiger charge is 2.20. The van der Waals surface area contributed by atoms with Gasteiger partial charge in [-0.1, -0.05) is 0 Å². The standard InChI is InChI=1S/C13H7Br2NO2S/c14-8-5-10(19-13(8)15)12(18)6-1-2-9-7(3-6)4-11(17)16-9/h1-3,5H,4H2,(H,16,17). The molecule has 0 bridgehead atoms. The first-order valence-corrected chi connectivity index (χ1v) is 7.87. The zero-order valence-electron chi connectivity index (χ0n) is 9.50. The molecule has 1 aromatic heterocycles. The fraction of sp³-hybridized carbons (Fsp3) is 0.0769. The second-order valence-corrected chi connectivity index (χ2v) is 7.38. The Hall–Kier alpha value is -0.980. The summed E-state index contributed by atoms with van der Waals surface area (Å²) < 4.78 is 1.77. The third kappa shape index (κ3) is 2.40. The highest BCUT2D eigenvalue weighted by atomic mass is 79.9. The van der Waals surface area contributed by atoms with Crippen molar-refractivity contribution in [3.8, 4) is 0 Å². The first kappa shape index (κ1) is 13.0. The van der Waals surface area contributed by atoms with Crippen molar-refractivity contribution in [2.45, 2.75) is 6.42 Å². The molecule has 3 nitrogen and oxygen atoms in total. The van der Waals surface area contributed by atoms with E-state index in [1.54, 1.807) is 24.3 Å². The summed E-state index contributed by atoms with van der Waals surface area (Å²) in [5, 5.41) is 2.75. The average Bonchev–Trinajstić information content (AvgIpc) is 2.90. The summed E-state index contributed by atoms with van der Waals surface area (Å²) in [7, 11) is 0. The number of fused-ring (bicyclic) bond motifs is 1. The van der Waals surface area contributed by atoms with Gasteiger partial charge in [0.25, 0.3) is 0 Å². The van der Waals surface area contributed by atoms with Crippen molar-refractivity contribution in [3.05, 3.63) is 48.5 Å². The van der Waals surface area contributed by atoms with E-state index in [4.69, 9.17) is 0 Å². The zero-order valence-corrected chi connectivity index (χ0v) is 13.5. The molecular formula is C13H7Br2NO2S. The van der Waals surface area contributed by atoms with Crippen molar-refractivity contribution in [2.24, 2.45) is 0 Å². The smallest absolute Gasteiger partial charge is 0.228 e. The van der Waals surface area contributed by atoms with Crippen molar-refractivity contribution in [2.75, 3.05) is 5.32 Å². The largest absolute Gasteiger partial charge is 0.326 e. The van der Waals surface area contributed by atoms with Crippen molar-refractivity contribution in [1.82, 2.24) is 0 Å². The van der Waals surface area contributed by atoms with Gasteiger partial charge in [0, 0.05) is 15.7 Å². The molecule has 0 unspecified atom stereocenters. The highest BCUT2D eigenvalue weighted by molar-refractivity contribution is 9.13. The lowest BCUT2D eigenvalue weighted by Gasteiger charge is -2.02. The fourth-order valence-corrected chi connectivity index (χ4v) is 3.97. The third-order valence-electron chi connectivity index (χ3n) is 2.86. The number of hydrogen-bond acceptors (Lipinski definition) is 3. The summed E-state index contributed by atoms with van der Waals surface area (Å²) in [5.41, 5.74) is 2.29. The molecule has 1 aliphatic heterocycles. The van der Waals surface area contributed by atoms with E-state index < -0.39 is 0 Å². The Labute approximate surface area is 130 Å². The summed E-state index contributed by atoms with van der Waals surface area (Å²) in [4.78, 5) is 24.3. The predicted octanol–water partition coefficient (Wildman–Crippen LogP) is 4.00. The van der Waals surface area contributed by atoms with Crippen LogP contribution in [0.2, 0.25) is 0 Å². The molecule has 0 aliphatic carbocycles. The normalized spacial score (nSPS) is 13.3. The molecule has 19 heavy (non-hydrogen) atoms. The van der Waals surface area contributed by atoms with Crippen molar-refractivity contribution >= 4 is 60.6 Å². The van der Waals surface area contributed by atoms with Crippen LogP contribution in [0.1, 0.15) is 20.8 Å². The summed E-state index contributed by atoms with van der Waals surface area (Å²) in [5.74, 6) is -0.0558. The van der Waals surface area contributed by atoms with E-state index in [1.807, 2.05) is 0 Å². The molecule has 3 rings (SSSR count). The lowest BCUT2D eigenvalue weighted by atomic mass is 10.0. The van der Waals surface area contributed by atoms with Crippen LogP contribution in [0.3, 0.4) is 0 Å². The first-order valence-electron chi connectivity index (χ1n) is 5.47. The topological polar surface area (TPSA) is 46.2 Å². The van der Waals surface area contributed by atoms with Crippen LogP contribution in [0.15, 0.2) is 32.5 Å². The minimum absolute atomic E-state index is 0.0267. The second kappa shape index (κ2) is 4.85. The molecule has 0 atom stereocenters. The molecule has 0 spiro atoms. The van der Waals surface area contributed by atoms with E-state index in [9.17, 15) is 9.59 Å². The van der Waals surface area contributed by atoms with E-state index in [-0.39, 0.29) is 11.7 Å². The fourth-order valence-electron chi connectivity index (χ4n) is 1.97. The van der Waals surface area contributed by atoms with Crippen LogP contribution in [-0.4, -0.2) is 11.7 Å². The maximum atomic E-state index is 12.4. The van der Waals surface area contributed by atoms with E-state index >= 15 is 0 Å². The Bertz CT molecular complexity index is 689. The molecule has 0 fully saturated rings. The van der Waals surface area contributed by atoms with Crippen molar-refractivity contribution in [1.29, 1.82) is 0 Å². The quantitative estimate of drug-likeness (QED) is 0.774. The Morgan fingerprint density at radius 2 is 2.05 bits per heavy atom. The summed E-state index contributed by atoms with van der Waals surface area (Å²) in [6, 6.07) is 7.12. The molecule has 1 N–H and O–H groups in total. The number of carbonyl (C=O) groups excluding carboxylic acids is 2. The van der Waals surface area contributed by atoms with Gasteiger partial charge >= 0.3 is 0 Å². The number of halogens is 2. The molecule has 6 heteroatoms. The van der Waals surface area contributed by atoms with Crippen LogP contribution in [0.4, 0.5) is 5.69 Å². The van der Waals surface area contributed by atoms with Gasteiger partial charge in [-0.2, -0.15) is 0 Å². The minimum Gasteiger partial charge on any atom is -0.326 e. The van der Waals surface area contributed by atoms with Crippen LogP contribution >= 0.6 is 43.2 Å². The monoisotopic (exact) mass is 399 g/mol. The molecular weight excluding hydrogens is 394 g/mol. The first-order chi connectivity index (χ1) is 9.04. The summed E-state index contributed by atoms with van der Waals surface area (Å²) >= 11 is 8.14. The molecule has 0 saturated carbocycles. The van der Waals surface area contributed by atoms with Gasteiger partial charge in [0.1, 0.15) is 0 Å². The number of nitrogens with one attached hydrogen (secondary N) is 1. The van der Waals surface area contributed by atoms with E-state index in [1.165, 1.54) is 11.3 Å². The van der Waals surface area contributed by atoms with E-state index in [0.717, 1.165) is 19.5 Å². The number of rotatable bonds is 2. The SMILES string of the molecule is O=C1Cc2cc(C(=O)c3cc(Br)c(Br)s3)ccc2N1. The highest BCUT2D eigenvalue weighted by Crippen LogP contribution is 2.34. The number of hydrogen-bond donors (Lipinski definition) is 1. The maximum absolute atomic E-state index is 12.4. The summed E-state index contributed by atoms with van der Waals surface area (Å²) in [6.45, 7) is 0. The summed E-state index contributed by atoms with van der Waals surface area (Å²) in [6.07, 6.45) is 0.342. The Kier molecular flexibility index (Phi) is 3.32. The zero-order chi connectivity index (χ0) is 13.6. The van der Waals surface area contributed by atoms with Crippen molar-refractivity contribution in [3.63, 3.8) is 0 Å². The Morgan fingerprint density at radius 1 is 1.26 bits per heavy atom. The Morgan fingerprint density at radius 3 is 2.74 bits per heavy atom. The lowest BCUT2D eigenvalue weighted by Crippen LogP contribution is -2.03. The number of anilines is 1. The molecule has 96 valence electrons. The van der Waals surface area contributed by atoms with Crippen LogP contribution in [-0.2, 0) is 11.2 Å². The van der Waals surface area contributed by atoms with E-state index in [2.05, 4.69) is 37.2 Å². The number of ketones is 1. The third-order valence-corrected chi connectivity index (χ3v) is 6.12. The second-order valence-electron chi connectivity index (χ2n) is 4.16. The molecule has 0 radical (unpaired) electrons. The molecule has 1 amide bonds. The number of benzene rings is 1. The number of amides is 1. The molecule has 0 saturated heterocycles. The van der Waals surface area contributed by atoms with Gasteiger partial charge in [-0.3, -0.25) is 9.59 Å².